The molecule has 1 aromatic carbocycles. The molecule has 1 saturated heterocycles. The summed E-state index contributed by atoms with van der Waals surface area (Å²) in [5, 5.41) is 4.89. The van der Waals surface area contributed by atoms with Gasteiger partial charge in [0.2, 0.25) is 15.9 Å². The third-order valence-corrected chi connectivity index (χ3v) is 6.68. The molecule has 0 unspecified atom stereocenters. The molecular formula is C18H26N4O6S. The van der Waals surface area contributed by atoms with Crippen molar-refractivity contribution >= 4 is 27.6 Å². The summed E-state index contributed by atoms with van der Waals surface area (Å²) in [7, 11) is -3.17. The van der Waals surface area contributed by atoms with Crippen LogP contribution in [0.25, 0.3) is 0 Å². The largest absolute Gasteiger partial charge is 0.486 e. The summed E-state index contributed by atoms with van der Waals surface area (Å²) >= 11 is 0. The van der Waals surface area contributed by atoms with Crippen molar-refractivity contribution in [1.29, 1.82) is 0 Å². The second-order valence-electron chi connectivity index (χ2n) is 6.75. The van der Waals surface area contributed by atoms with Gasteiger partial charge in [-0.25, -0.2) is 13.2 Å². The van der Waals surface area contributed by atoms with E-state index in [1.54, 1.807) is 25.1 Å². The van der Waals surface area contributed by atoms with Crippen molar-refractivity contribution < 1.29 is 27.5 Å². The molecule has 10 nitrogen and oxygen atoms in total. The van der Waals surface area contributed by atoms with Gasteiger partial charge in [-0.3, -0.25) is 10.1 Å². The Labute approximate surface area is 170 Å². The normalized spacial score (nSPS) is 17.6. The first kappa shape index (κ1) is 21.3. The van der Waals surface area contributed by atoms with Crippen molar-refractivity contribution in [3.05, 3.63) is 18.2 Å². The van der Waals surface area contributed by atoms with Crippen molar-refractivity contribution in [2.75, 3.05) is 57.0 Å². The number of carbonyl (C=O) groups is 2. The number of nitrogens with one attached hydrogen (secondary N) is 2. The Morgan fingerprint density at radius 3 is 2.45 bits per heavy atom. The number of ether oxygens (including phenoxy) is 2. The van der Waals surface area contributed by atoms with Crippen LogP contribution in [0.2, 0.25) is 0 Å². The van der Waals surface area contributed by atoms with Gasteiger partial charge in [0.05, 0.1) is 5.75 Å². The molecule has 3 rings (SSSR count). The van der Waals surface area contributed by atoms with E-state index in [2.05, 4.69) is 10.6 Å². The van der Waals surface area contributed by atoms with Gasteiger partial charge in [-0.15, -0.1) is 0 Å². The van der Waals surface area contributed by atoms with Crippen molar-refractivity contribution in [2.24, 2.45) is 0 Å². The number of benzene rings is 1. The highest BCUT2D eigenvalue weighted by molar-refractivity contribution is 7.89. The fraction of sp³-hybridized carbons (Fsp3) is 0.556. The van der Waals surface area contributed by atoms with E-state index in [0.717, 1.165) is 0 Å². The molecule has 2 aliphatic heterocycles. The molecule has 0 saturated carbocycles. The fourth-order valence-electron chi connectivity index (χ4n) is 3.15. The number of rotatable bonds is 6. The molecule has 1 fully saturated rings. The van der Waals surface area contributed by atoms with E-state index in [1.165, 1.54) is 4.31 Å². The molecule has 160 valence electrons. The number of carbonyl (C=O) groups excluding carboxylic acids is 2. The summed E-state index contributed by atoms with van der Waals surface area (Å²) < 4.78 is 36.1. The maximum atomic E-state index is 12.0. The number of piperazine rings is 1. The molecule has 0 aromatic heterocycles. The lowest BCUT2D eigenvalue weighted by molar-refractivity contribution is -0.120. The molecule has 2 heterocycles. The summed E-state index contributed by atoms with van der Waals surface area (Å²) in [6, 6.07) is 4.39. The zero-order valence-electron chi connectivity index (χ0n) is 16.3. The molecule has 2 aliphatic rings. The number of anilines is 1. The third kappa shape index (κ3) is 5.81. The quantitative estimate of drug-likeness (QED) is 0.679. The van der Waals surface area contributed by atoms with Gasteiger partial charge in [0, 0.05) is 50.9 Å². The number of amides is 3. The molecular weight excluding hydrogens is 400 g/mol. The summed E-state index contributed by atoms with van der Waals surface area (Å²) in [4.78, 5) is 26.1. The van der Waals surface area contributed by atoms with E-state index in [-0.39, 0.29) is 12.2 Å². The Morgan fingerprint density at radius 1 is 1.07 bits per heavy atom. The number of hydrogen-bond acceptors (Lipinski definition) is 7. The Bertz CT molecular complexity index is 852. The minimum absolute atomic E-state index is 0.0912. The summed E-state index contributed by atoms with van der Waals surface area (Å²) in [6.45, 7) is 4.99. The van der Waals surface area contributed by atoms with E-state index in [0.29, 0.717) is 63.1 Å². The Balaban J connectivity index is 1.39. The summed E-state index contributed by atoms with van der Waals surface area (Å²) in [6.07, 6.45) is 0.148. The SMILES string of the molecule is CCS(=O)(=O)N1CCN(CCC(=O)NC(=O)Nc2ccc3c(c2)OCCO3)CC1. The first-order valence-electron chi connectivity index (χ1n) is 9.58. The number of imide groups is 1. The van der Waals surface area contributed by atoms with Crippen LogP contribution in [0.3, 0.4) is 0 Å². The van der Waals surface area contributed by atoms with Crippen molar-refractivity contribution in [3.8, 4) is 11.5 Å². The Morgan fingerprint density at radius 2 is 1.76 bits per heavy atom. The van der Waals surface area contributed by atoms with Gasteiger partial charge in [-0.1, -0.05) is 0 Å². The molecule has 0 bridgehead atoms. The summed E-state index contributed by atoms with van der Waals surface area (Å²) in [5.41, 5.74) is 0.493. The van der Waals surface area contributed by atoms with Crippen LogP contribution in [0.15, 0.2) is 18.2 Å². The van der Waals surface area contributed by atoms with Gasteiger partial charge in [0.15, 0.2) is 11.5 Å². The number of sulfonamides is 1. The maximum absolute atomic E-state index is 12.0. The van der Waals surface area contributed by atoms with Crippen LogP contribution in [-0.2, 0) is 14.8 Å². The van der Waals surface area contributed by atoms with Crippen LogP contribution in [0.5, 0.6) is 11.5 Å². The highest BCUT2D eigenvalue weighted by Gasteiger charge is 2.25. The van der Waals surface area contributed by atoms with Crippen LogP contribution in [0.1, 0.15) is 13.3 Å². The lowest BCUT2D eigenvalue weighted by atomic mass is 10.2. The highest BCUT2D eigenvalue weighted by Crippen LogP contribution is 2.32. The molecule has 29 heavy (non-hydrogen) atoms. The van der Waals surface area contributed by atoms with Crippen LogP contribution >= 0.6 is 0 Å². The zero-order chi connectivity index (χ0) is 20.9. The predicted molar refractivity (Wildman–Crippen MR) is 107 cm³/mol. The molecule has 2 N–H and O–H groups in total. The maximum Gasteiger partial charge on any atom is 0.325 e. The summed E-state index contributed by atoms with van der Waals surface area (Å²) in [5.74, 6) is 0.854. The van der Waals surface area contributed by atoms with Gasteiger partial charge in [-0.2, -0.15) is 4.31 Å². The van der Waals surface area contributed by atoms with Crippen molar-refractivity contribution in [2.45, 2.75) is 13.3 Å². The van der Waals surface area contributed by atoms with Crippen LogP contribution in [0.4, 0.5) is 10.5 Å². The van der Waals surface area contributed by atoms with Gasteiger partial charge >= 0.3 is 6.03 Å². The average Bonchev–Trinajstić information content (AvgIpc) is 2.72. The van der Waals surface area contributed by atoms with Gasteiger partial charge in [0.1, 0.15) is 13.2 Å². The smallest absolute Gasteiger partial charge is 0.325 e. The van der Waals surface area contributed by atoms with Crippen molar-refractivity contribution in [3.63, 3.8) is 0 Å². The second kappa shape index (κ2) is 9.42. The highest BCUT2D eigenvalue weighted by atomic mass is 32.2. The van der Waals surface area contributed by atoms with E-state index in [1.807, 2.05) is 4.90 Å². The van der Waals surface area contributed by atoms with E-state index >= 15 is 0 Å². The first-order chi connectivity index (χ1) is 13.9. The molecule has 11 heteroatoms. The van der Waals surface area contributed by atoms with Gasteiger partial charge < -0.3 is 19.7 Å². The van der Waals surface area contributed by atoms with E-state index < -0.39 is 22.0 Å². The van der Waals surface area contributed by atoms with Crippen molar-refractivity contribution in [1.82, 2.24) is 14.5 Å². The Kier molecular flexibility index (Phi) is 6.93. The predicted octanol–water partition coefficient (Wildman–Crippen LogP) is 0.463. The monoisotopic (exact) mass is 426 g/mol. The van der Waals surface area contributed by atoms with Crippen LogP contribution < -0.4 is 20.1 Å². The van der Waals surface area contributed by atoms with Crippen LogP contribution in [0, 0.1) is 0 Å². The van der Waals surface area contributed by atoms with Gasteiger partial charge in [-0.05, 0) is 19.1 Å². The number of hydrogen-bond donors (Lipinski definition) is 2. The molecule has 0 atom stereocenters. The Hall–Kier alpha value is -2.37. The molecule has 0 spiro atoms. The minimum atomic E-state index is -3.17. The lowest BCUT2D eigenvalue weighted by Crippen LogP contribution is -2.49. The topological polar surface area (TPSA) is 117 Å². The molecule has 0 aliphatic carbocycles. The molecule has 3 amide bonds. The fourth-order valence-corrected chi connectivity index (χ4v) is 4.23. The number of fused-ring (bicyclic) bond motifs is 1. The zero-order valence-corrected chi connectivity index (χ0v) is 17.2. The minimum Gasteiger partial charge on any atom is -0.486 e. The van der Waals surface area contributed by atoms with E-state index in [9.17, 15) is 18.0 Å². The molecule has 0 radical (unpaired) electrons. The average molecular weight is 426 g/mol. The molecule has 1 aromatic rings. The lowest BCUT2D eigenvalue weighted by Gasteiger charge is -2.33. The third-order valence-electron chi connectivity index (χ3n) is 4.80. The second-order valence-corrected chi connectivity index (χ2v) is 9.01. The standard InChI is InChI=1S/C18H26N4O6S/c1-2-29(25,26)22-9-7-21(8-10-22)6-5-17(23)20-18(24)19-14-3-4-15-16(13-14)28-12-11-27-15/h3-4,13H,2,5-12H2,1H3,(H2,19,20,23,24). The number of urea groups is 1. The van der Waals surface area contributed by atoms with Gasteiger partial charge in [0.25, 0.3) is 0 Å². The first-order valence-corrected chi connectivity index (χ1v) is 11.2. The van der Waals surface area contributed by atoms with E-state index in [4.69, 9.17) is 9.47 Å². The number of nitrogens with zero attached hydrogens (tertiary/aromatic N) is 2. The van der Waals surface area contributed by atoms with Crippen LogP contribution in [-0.4, -0.2) is 81.3 Å².